The molecule has 0 aromatic heterocycles. The van der Waals surface area contributed by atoms with Gasteiger partial charge in [0.1, 0.15) is 6.04 Å². The van der Waals surface area contributed by atoms with Crippen LogP contribution in [-0.2, 0) is 4.79 Å². The SMILES string of the molecule is CC(O)CN(CCN(CC(C)O)CC(C)O)CC(C)O.NCCCCC(N)C(=O)O. The topological polar surface area (TPSA) is 177 Å². The van der Waals surface area contributed by atoms with Gasteiger partial charge in [0.15, 0.2) is 0 Å². The first-order valence-corrected chi connectivity index (χ1v) is 10.7. The average molecular weight is 439 g/mol. The predicted octanol–water partition coefficient (Wildman–Crippen LogP) is -1.36. The van der Waals surface area contributed by atoms with Gasteiger partial charge in [0.25, 0.3) is 0 Å². The summed E-state index contributed by atoms with van der Waals surface area (Å²) < 4.78 is 0. The summed E-state index contributed by atoms with van der Waals surface area (Å²) in [6.07, 6.45) is 0.371. The molecule has 0 amide bonds. The Morgan fingerprint density at radius 1 is 0.767 bits per heavy atom. The Bertz CT molecular complexity index is 367. The van der Waals surface area contributed by atoms with Crippen molar-refractivity contribution in [2.45, 2.75) is 77.4 Å². The van der Waals surface area contributed by atoms with Gasteiger partial charge in [-0.3, -0.25) is 14.6 Å². The number of nitrogens with two attached hydrogens (primary N) is 2. The van der Waals surface area contributed by atoms with Crippen LogP contribution in [0.4, 0.5) is 0 Å². The first kappa shape index (κ1) is 31.3. The fraction of sp³-hybridized carbons (Fsp3) is 0.950. The van der Waals surface area contributed by atoms with E-state index in [1.165, 1.54) is 0 Å². The summed E-state index contributed by atoms with van der Waals surface area (Å²) in [6.45, 7) is 10.8. The molecular weight excluding hydrogens is 392 g/mol. The number of carboxylic acid groups (broad SMARTS) is 1. The summed E-state index contributed by atoms with van der Waals surface area (Å²) in [5, 5.41) is 46.2. The first-order chi connectivity index (χ1) is 13.9. The summed E-state index contributed by atoms with van der Waals surface area (Å²) in [6, 6.07) is -0.716. The van der Waals surface area contributed by atoms with Gasteiger partial charge >= 0.3 is 5.97 Å². The number of hydrogen-bond acceptors (Lipinski definition) is 9. The maximum absolute atomic E-state index is 10.1. The number of rotatable bonds is 16. The summed E-state index contributed by atoms with van der Waals surface area (Å²) in [5.74, 6) is -0.933. The van der Waals surface area contributed by atoms with Crippen LogP contribution in [0.3, 0.4) is 0 Å². The molecule has 182 valence electrons. The van der Waals surface area contributed by atoms with Crippen molar-refractivity contribution in [2.75, 3.05) is 45.8 Å². The minimum absolute atomic E-state index is 0.448. The largest absolute Gasteiger partial charge is 0.480 e. The highest BCUT2D eigenvalue weighted by Gasteiger charge is 2.15. The molecule has 0 aliphatic heterocycles. The molecule has 0 aromatic carbocycles. The summed E-state index contributed by atoms with van der Waals surface area (Å²) in [7, 11) is 0. The fourth-order valence-corrected chi connectivity index (χ4v) is 2.92. The second-order valence-corrected chi connectivity index (χ2v) is 8.14. The van der Waals surface area contributed by atoms with Crippen molar-refractivity contribution < 1.29 is 30.3 Å². The molecule has 0 fully saturated rings. The lowest BCUT2D eigenvalue weighted by atomic mass is 10.1. The van der Waals surface area contributed by atoms with Crippen molar-refractivity contribution in [1.29, 1.82) is 0 Å². The molecule has 0 saturated heterocycles. The Balaban J connectivity index is 0. The van der Waals surface area contributed by atoms with Crippen molar-refractivity contribution in [3.63, 3.8) is 0 Å². The van der Waals surface area contributed by atoms with E-state index in [2.05, 4.69) is 0 Å². The third-order valence-corrected chi connectivity index (χ3v) is 4.11. The van der Waals surface area contributed by atoms with Gasteiger partial charge in [0.2, 0.25) is 0 Å². The van der Waals surface area contributed by atoms with E-state index in [1.807, 2.05) is 9.80 Å². The van der Waals surface area contributed by atoms with Crippen molar-refractivity contribution >= 4 is 5.97 Å². The number of nitrogens with zero attached hydrogens (tertiary/aromatic N) is 2. The zero-order valence-electron chi connectivity index (χ0n) is 19.2. The molecule has 0 aliphatic carbocycles. The zero-order valence-corrected chi connectivity index (χ0v) is 19.2. The minimum atomic E-state index is -0.933. The van der Waals surface area contributed by atoms with E-state index in [0.717, 1.165) is 12.8 Å². The molecule has 0 radical (unpaired) electrons. The van der Waals surface area contributed by atoms with E-state index in [-0.39, 0.29) is 0 Å². The standard InChI is InChI=1S/C14H32N2O4.C6H14N2O2/c1-11(17)7-15(8-12(2)18)5-6-16(9-13(3)19)10-14(4)20;7-4-2-1-3-5(8)6(9)10/h11-14,17-20H,5-10H2,1-4H3;5H,1-4,7-8H2,(H,9,10). The van der Waals surface area contributed by atoms with Gasteiger partial charge in [-0.2, -0.15) is 0 Å². The zero-order chi connectivity index (χ0) is 23.7. The lowest BCUT2D eigenvalue weighted by molar-refractivity contribution is -0.138. The Kier molecular flexibility index (Phi) is 19.7. The second-order valence-electron chi connectivity index (χ2n) is 8.14. The highest BCUT2D eigenvalue weighted by atomic mass is 16.4. The molecule has 10 heteroatoms. The summed E-state index contributed by atoms with van der Waals surface area (Å²) >= 11 is 0. The van der Waals surface area contributed by atoms with Crippen LogP contribution < -0.4 is 11.5 Å². The lowest BCUT2D eigenvalue weighted by Gasteiger charge is -2.30. The van der Waals surface area contributed by atoms with Crippen LogP contribution in [0.1, 0.15) is 47.0 Å². The molecule has 5 atom stereocenters. The monoisotopic (exact) mass is 438 g/mol. The Labute approximate surface area is 181 Å². The number of aliphatic carboxylic acids is 1. The van der Waals surface area contributed by atoms with Crippen molar-refractivity contribution in [2.24, 2.45) is 11.5 Å². The van der Waals surface area contributed by atoms with Crippen LogP contribution in [0.15, 0.2) is 0 Å². The first-order valence-electron chi connectivity index (χ1n) is 10.7. The maximum Gasteiger partial charge on any atom is 0.320 e. The fourth-order valence-electron chi connectivity index (χ4n) is 2.92. The highest BCUT2D eigenvalue weighted by molar-refractivity contribution is 5.72. The number of aliphatic hydroxyl groups excluding tert-OH is 4. The molecule has 10 nitrogen and oxygen atoms in total. The van der Waals surface area contributed by atoms with Gasteiger partial charge in [-0.1, -0.05) is 6.42 Å². The van der Waals surface area contributed by atoms with E-state index >= 15 is 0 Å². The molecule has 0 heterocycles. The Hall–Kier alpha value is -0.850. The Morgan fingerprint density at radius 3 is 1.33 bits per heavy atom. The van der Waals surface area contributed by atoms with E-state index < -0.39 is 36.4 Å². The number of unbranched alkanes of at least 4 members (excludes halogenated alkanes) is 1. The van der Waals surface area contributed by atoms with Gasteiger partial charge in [-0.25, -0.2) is 0 Å². The van der Waals surface area contributed by atoms with Gasteiger partial charge in [-0.15, -0.1) is 0 Å². The second kappa shape index (κ2) is 18.9. The van der Waals surface area contributed by atoms with Gasteiger partial charge in [0.05, 0.1) is 24.4 Å². The van der Waals surface area contributed by atoms with E-state index in [4.69, 9.17) is 16.6 Å². The van der Waals surface area contributed by atoms with E-state index in [0.29, 0.717) is 52.2 Å². The molecule has 0 spiro atoms. The number of carboxylic acids is 1. The molecule has 0 rings (SSSR count). The van der Waals surface area contributed by atoms with E-state index in [9.17, 15) is 25.2 Å². The number of carbonyl (C=O) groups is 1. The minimum Gasteiger partial charge on any atom is -0.480 e. The molecule has 30 heavy (non-hydrogen) atoms. The number of hydrogen-bond donors (Lipinski definition) is 7. The number of aliphatic hydroxyl groups is 4. The van der Waals surface area contributed by atoms with Crippen LogP contribution in [-0.4, -0.2) is 118 Å². The van der Waals surface area contributed by atoms with Crippen LogP contribution in [0.5, 0.6) is 0 Å². The van der Waals surface area contributed by atoms with Gasteiger partial charge < -0.3 is 37.0 Å². The van der Waals surface area contributed by atoms with Crippen molar-refractivity contribution in [3.05, 3.63) is 0 Å². The maximum atomic E-state index is 10.1. The van der Waals surface area contributed by atoms with Crippen LogP contribution in [0, 0.1) is 0 Å². The van der Waals surface area contributed by atoms with Crippen molar-refractivity contribution in [1.82, 2.24) is 9.80 Å². The van der Waals surface area contributed by atoms with Crippen LogP contribution in [0.2, 0.25) is 0 Å². The quantitative estimate of drug-likeness (QED) is 0.142. The van der Waals surface area contributed by atoms with Crippen LogP contribution >= 0.6 is 0 Å². The molecule has 0 saturated carbocycles. The molecule has 0 aromatic rings. The van der Waals surface area contributed by atoms with Crippen LogP contribution in [0.25, 0.3) is 0 Å². The predicted molar refractivity (Wildman–Crippen MR) is 118 cm³/mol. The summed E-state index contributed by atoms with van der Waals surface area (Å²) in [4.78, 5) is 14.1. The Morgan fingerprint density at radius 2 is 1.10 bits per heavy atom. The molecule has 9 N–H and O–H groups in total. The van der Waals surface area contributed by atoms with E-state index in [1.54, 1.807) is 27.7 Å². The highest BCUT2D eigenvalue weighted by Crippen LogP contribution is 2.00. The van der Waals surface area contributed by atoms with Gasteiger partial charge in [-0.05, 0) is 47.1 Å². The molecule has 5 unspecified atom stereocenters. The third-order valence-electron chi connectivity index (χ3n) is 4.11. The molecule has 0 aliphatic rings. The summed E-state index contributed by atoms with van der Waals surface area (Å²) in [5.41, 5.74) is 10.4. The molecule has 0 bridgehead atoms. The average Bonchev–Trinajstić information content (AvgIpc) is 2.58. The normalized spacial score (nSPS) is 16.5. The lowest BCUT2D eigenvalue weighted by Crippen LogP contribution is -2.44. The smallest absolute Gasteiger partial charge is 0.320 e. The van der Waals surface area contributed by atoms with Crippen molar-refractivity contribution in [3.8, 4) is 0 Å². The molecular formula is C20H46N4O6. The van der Waals surface area contributed by atoms with Gasteiger partial charge in [0, 0.05) is 39.3 Å². The third kappa shape index (κ3) is 21.8.